The summed E-state index contributed by atoms with van der Waals surface area (Å²) in [5.41, 5.74) is 4.45. The second-order valence-electron chi connectivity index (χ2n) is 8.10. The number of rotatable bonds is 6. The van der Waals surface area contributed by atoms with Crippen molar-refractivity contribution in [3.63, 3.8) is 0 Å². The maximum Gasteiger partial charge on any atom is 0.232 e. The molecule has 8 heteroatoms. The van der Waals surface area contributed by atoms with Crippen LogP contribution in [0, 0.1) is 5.82 Å². The largest absolute Gasteiger partial charge is 0.345 e. The van der Waals surface area contributed by atoms with E-state index in [0.29, 0.717) is 11.3 Å². The van der Waals surface area contributed by atoms with Gasteiger partial charge in [-0.1, -0.05) is 41.9 Å². The molecule has 0 fully saturated rings. The van der Waals surface area contributed by atoms with Gasteiger partial charge in [-0.2, -0.15) is 0 Å². The molecule has 5 rings (SSSR count). The molecule has 2 heterocycles. The van der Waals surface area contributed by atoms with Gasteiger partial charge in [-0.05, 0) is 53.1 Å². The molecule has 4 aromatic rings. The van der Waals surface area contributed by atoms with Crippen molar-refractivity contribution in [1.82, 2.24) is 9.97 Å². The van der Waals surface area contributed by atoms with Crippen molar-refractivity contribution < 1.29 is 14.0 Å². The first-order valence-corrected chi connectivity index (χ1v) is 11.1. The molecule has 2 N–H and O–H groups in total. The molecule has 0 saturated heterocycles. The summed E-state index contributed by atoms with van der Waals surface area (Å²) < 4.78 is 14.0. The lowest BCUT2D eigenvalue weighted by Crippen LogP contribution is -2.32. The molecule has 1 aromatic heterocycles. The van der Waals surface area contributed by atoms with Crippen molar-refractivity contribution in [2.75, 3.05) is 10.2 Å². The average molecular weight is 475 g/mol. The summed E-state index contributed by atoms with van der Waals surface area (Å²) in [6, 6.07) is 18.9. The first kappa shape index (κ1) is 21.9. The van der Waals surface area contributed by atoms with Gasteiger partial charge in [0.25, 0.3) is 0 Å². The minimum atomic E-state index is -0.591. The number of halogens is 2. The Kier molecular flexibility index (Phi) is 5.86. The van der Waals surface area contributed by atoms with E-state index in [9.17, 15) is 14.0 Å². The molecule has 0 aliphatic carbocycles. The molecule has 0 bridgehead atoms. The molecule has 170 valence electrons. The van der Waals surface area contributed by atoms with Crippen molar-refractivity contribution in [1.29, 1.82) is 0 Å². The Morgan fingerprint density at radius 1 is 1.09 bits per heavy atom. The Bertz CT molecular complexity index is 1340. The predicted molar refractivity (Wildman–Crippen MR) is 129 cm³/mol. The van der Waals surface area contributed by atoms with E-state index in [4.69, 9.17) is 11.6 Å². The molecule has 1 aliphatic heterocycles. The van der Waals surface area contributed by atoms with Crippen molar-refractivity contribution in [3.8, 4) is 11.3 Å². The van der Waals surface area contributed by atoms with Crippen LogP contribution in [0.15, 0.2) is 79.3 Å². The maximum absolute atomic E-state index is 14.0. The Morgan fingerprint density at radius 3 is 2.62 bits per heavy atom. The lowest BCUT2D eigenvalue weighted by molar-refractivity contribution is -0.123. The number of aromatic nitrogens is 2. The van der Waals surface area contributed by atoms with Gasteiger partial charge in [-0.3, -0.25) is 9.59 Å². The quantitative estimate of drug-likeness (QED) is 0.386. The third-order valence-corrected chi connectivity index (χ3v) is 6.06. The second-order valence-corrected chi connectivity index (χ2v) is 8.54. The predicted octanol–water partition coefficient (Wildman–Crippen LogP) is 5.53. The van der Waals surface area contributed by atoms with E-state index in [1.165, 1.54) is 12.1 Å². The highest BCUT2D eigenvalue weighted by atomic mass is 35.5. The normalized spacial score (nSPS) is 14.5. The summed E-state index contributed by atoms with van der Waals surface area (Å²) >= 11 is 6.04. The zero-order valence-corrected chi connectivity index (χ0v) is 18.7. The number of hydrogen-bond acceptors (Lipinski definition) is 3. The van der Waals surface area contributed by atoms with Crippen LogP contribution in [0.5, 0.6) is 0 Å². The number of benzene rings is 3. The van der Waals surface area contributed by atoms with Gasteiger partial charge >= 0.3 is 0 Å². The summed E-state index contributed by atoms with van der Waals surface area (Å²) in [6.45, 7) is 0.107. The van der Waals surface area contributed by atoms with Gasteiger partial charge in [0.1, 0.15) is 5.82 Å². The number of para-hydroxylation sites is 1. The lowest BCUT2D eigenvalue weighted by Gasteiger charge is -2.25. The fraction of sp³-hybridized carbons (Fsp3) is 0.115. The fourth-order valence-corrected chi connectivity index (χ4v) is 4.45. The number of fused-ring (bicyclic) bond motifs is 1. The first-order chi connectivity index (χ1) is 16.5. The topological polar surface area (TPSA) is 78.1 Å². The second kappa shape index (κ2) is 9.11. The molecule has 2 amide bonds. The lowest BCUT2D eigenvalue weighted by atomic mass is 9.96. The number of amides is 2. The third kappa shape index (κ3) is 4.43. The average Bonchev–Trinajstić information content (AvgIpc) is 3.46. The Morgan fingerprint density at radius 2 is 1.88 bits per heavy atom. The van der Waals surface area contributed by atoms with Gasteiger partial charge in [0.05, 0.1) is 30.7 Å². The molecule has 6 nitrogen and oxygen atoms in total. The third-order valence-electron chi connectivity index (χ3n) is 5.84. The monoisotopic (exact) mass is 474 g/mol. The number of anilines is 2. The summed E-state index contributed by atoms with van der Waals surface area (Å²) in [4.78, 5) is 34.8. The summed E-state index contributed by atoms with van der Waals surface area (Å²) in [7, 11) is 0. The Balaban J connectivity index is 1.46. The fourth-order valence-electron chi connectivity index (χ4n) is 4.21. The van der Waals surface area contributed by atoms with Crippen molar-refractivity contribution >= 4 is 34.8 Å². The zero-order valence-electron chi connectivity index (χ0n) is 18.0. The summed E-state index contributed by atoms with van der Waals surface area (Å²) in [5, 5.41) is 3.08. The highest BCUT2D eigenvalue weighted by molar-refractivity contribution is 6.30. The summed E-state index contributed by atoms with van der Waals surface area (Å²) in [5.74, 6) is -1.54. The van der Waals surface area contributed by atoms with Gasteiger partial charge in [0.2, 0.25) is 11.8 Å². The molecule has 34 heavy (non-hydrogen) atoms. The van der Waals surface area contributed by atoms with Crippen LogP contribution in [-0.2, 0) is 16.1 Å². The van der Waals surface area contributed by atoms with Crippen molar-refractivity contribution in [2.45, 2.75) is 18.9 Å². The standard InChI is InChI=1S/C26H20ClFN4O2/c27-18-9-16(10-19(28)11-18)14-32(20-7-5-17(6-8-20)24-13-29-15-30-24)25(33)12-22-21-3-1-2-4-23(21)31-26(22)34/h1-11,13,15,22H,12,14H2,(H,29,30)(H,31,34). The van der Waals surface area contributed by atoms with E-state index in [1.54, 1.807) is 23.5 Å². The number of hydrogen-bond donors (Lipinski definition) is 2. The van der Waals surface area contributed by atoms with E-state index in [0.717, 1.165) is 22.5 Å². The van der Waals surface area contributed by atoms with Crippen LogP contribution in [0.2, 0.25) is 5.02 Å². The molecule has 3 aromatic carbocycles. The number of carbonyl (C=O) groups excluding carboxylic acids is 2. The van der Waals surface area contributed by atoms with Gasteiger partial charge in [-0.15, -0.1) is 0 Å². The highest BCUT2D eigenvalue weighted by Gasteiger charge is 2.33. The van der Waals surface area contributed by atoms with Gasteiger partial charge in [0, 0.05) is 22.8 Å². The van der Waals surface area contributed by atoms with Crippen LogP contribution < -0.4 is 10.2 Å². The Hall–Kier alpha value is -3.97. The molecule has 1 atom stereocenters. The van der Waals surface area contributed by atoms with Gasteiger partial charge in [-0.25, -0.2) is 9.37 Å². The van der Waals surface area contributed by atoms with E-state index in [1.807, 2.05) is 48.5 Å². The molecular formula is C26H20ClFN4O2. The highest BCUT2D eigenvalue weighted by Crippen LogP contribution is 2.35. The molecule has 1 unspecified atom stereocenters. The van der Waals surface area contributed by atoms with Crippen LogP contribution in [0.3, 0.4) is 0 Å². The zero-order chi connectivity index (χ0) is 23.7. The van der Waals surface area contributed by atoms with Crippen LogP contribution in [-0.4, -0.2) is 21.8 Å². The van der Waals surface area contributed by atoms with Crippen LogP contribution in [0.25, 0.3) is 11.3 Å². The molecule has 0 radical (unpaired) electrons. The number of nitrogens with zero attached hydrogens (tertiary/aromatic N) is 2. The Labute approximate surface area is 200 Å². The number of aromatic amines is 1. The number of carbonyl (C=O) groups is 2. The van der Waals surface area contributed by atoms with Gasteiger partial charge < -0.3 is 15.2 Å². The molecule has 0 spiro atoms. The minimum absolute atomic E-state index is 0.0196. The van der Waals surface area contributed by atoms with E-state index in [-0.39, 0.29) is 29.8 Å². The van der Waals surface area contributed by atoms with Crippen LogP contribution in [0.1, 0.15) is 23.5 Å². The smallest absolute Gasteiger partial charge is 0.232 e. The van der Waals surface area contributed by atoms with E-state index >= 15 is 0 Å². The number of nitrogens with one attached hydrogen (secondary N) is 2. The number of imidazole rings is 1. The minimum Gasteiger partial charge on any atom is -0.345 e. The summed E-state index contributed by atoms with van der Waals surface area (Å²) in [6.07, 6.45) is 3.29. The van der Waals surface area contributed by atoms with Crippen LogP contribution >= 0.6 is 11.6 Å². The molecule has 1 aliphatic rings. The van der Waals surface area contributed by atoms with Gasteiger partial charge in [0.15, 0.2) is 0 Å². The van der Waals surface area contributed by atoms with Crippen molar-refractivity contribution in [2.24, 2.45) is 0 Å². The van der Waals surface area contributed by atoms with E-state index < -0.39 is 11.7 Å². The SMILES string of the molecule is O=C1Nc2ccccc2C1CC(=O)N(Cc1cc(F)cc(Cl)c1)c1ccc(-c2cnc[nH]2)cc1. The molecule has 0 saturated carbocycles. The first-order valence-electron chi connectivity index (χ1n) is 10.7. The molecular weight excluding hydrogens is 455 g/mol. The maximum atomic E-state index is 14.0. The van der Waals surface area contributed by atoms with Crippen molar-refractivity contribution in [3.05, 3.63) is 101 Å². The van der Waals surface area contributed by atoms with Crippen LogP contribution in [0.4, 0.5) is 15.8 Å². The van der Waals surface area contributed by atoms with E-state index in [2.05, 4.69) is 15.3 Å². The number of H-pyrrole nitrogens is 1.